The Morgan fingerprint density at radius 2 is 2.19 bits per heavy atom. The van der Waals surface area contributed by atoms with E-state index in [0.29, 0.717) is 0 Å². The minimum absolute atomic E-state index is 0.941. The van der Waals surface area contributed by atoms with Gasteiger partial charge >= 0.3 is 0 Å². The number of ether oxygens (including phenoxy) is 1. The Kier molecular flexibility index (Phi) is 3.46. The van der Waals surface area contributed by atoms with Gasteiger partial charge in [-0.05, 0) is 42.6 Å². The van der Waals surface area contributed by atoms with Crippen LogP contribution in [0.25, 0.3) is 10.1 Å². The summed E-state index contributed by atoms with van der Waals surface area (Å²) in [5, 5.41) is 4.57. The normalized spacial score (nSPS) is 10.9. The van der Waals surface area contributed by atoms with Gasteiger partial charge in [0.1, 0.15) is 5.75 Å². The third kappa shape index (κ3) is 1.93. The first-order valence-electron chi connectivity index (χ1n) is 5.53. The summed E-state index contributed by atoms with van der Waals surface area (Å²) in [7, 11) is 3.71. The molecule has 0 bridgehead atoms. The minimum Gasteiger partial charge on any atom is -0.497 e. The van der Waals surface area contributed by atoms with Crippen LogP contribution in [0.3, 0.4) is 0 Å². The molecule has 0 aliphatic heterocycles. The van der Waals surface area contributed by atoms with Crippen molar-refractivity contribution in [2.75, 3.05) is 14.2 Å². The highest BCUT2D eigenvalue weighted by Crippen LogP contribution is 2.34. The number of rotatable bonds is 4. The molecule has 3 heteroatoms. The van der Waals surface area contributed by atoms with Gasteiger partial charge in [-0.3, -0.25) is 0 Å². The van der Waals surface area contributed by atoms with Crippen LogP contribution in [0.15, 0.2) is 18.2 Å². The number of hydrogen-bond acceptors (Lipinski definition) is 3. The summed E-state index contributed by atoms with van der Waals surface area (Å²) in [6, 6.07) is 6.32. The van der Waals surface area contributed by atoms with Crippen molar-refractivity contribution < 1.29 is 4.74 Å². The lowest BCUT2D eigenvalue weighted by Crippen LogP contribution is -2.04. The van der Waals surface area contributed by atoms with Crippen molar-refractivity contribution in [3.8, 4) is 5.75 Å². The molecule has 0 saturated heterocycles. The van der Waals surface area contributed by atoms with Crippen molar-refractivity contribution in [2.45, 2.75) is 19.9 Å². The van der Waals surface area contributed by atoms with Crippen molar-refractivity contribution in [1.29, 1.82) is 0 Å². The topological polar surface area (TPSA) is 21.3 Å². The van der Waals surface area contributed by atoms with E-state index in [1.807, 2.05) is 24.5 Å². The van der Waals surface area contributed by atoms with Crippen LogP contribution in [0.1, 0.15) is 17.4 Å². The molecule has 0 saturated carbocycles. The van der Waals surface area contributed by atoms with E-state index < -0.39 is 0 Å². The molecule has 0 spiro atoms. The molecule has 1 aromatic carbocycles. The van der Waals surface area contributed by atoms with Crippen molar-refractivity contribution in [3.05, 3.63) is 28.6 Å². The van der Waals surface area contributed by atoms with E-state index in [-0.39, 0.29) is 0 Å². The van der Waals surface area contributed by atoms with Crippen molar-refractivity contribution in [1.82, 2.24) is 5.32 Å². The van der Waals surface area contributed by atoms with Crippen LogP contribution in [0.2, 0.25) is 0 Å². The second-order valence-electron chi connectivity index (χ2n) is 3.75. The number of hydrogen-bond donors (Lipinski definition) is 1. The molecule has 16 heavy (non-hydrogen) atoms. The molecule has 0 fully saturated rings. The maximum atomic E-state index is 5.28. The summed E-state index contributed by atoms with van der Waals surface area (Å²) in [6.45, 7) is 3.16. The smallest absolute Gasteiger partial charge is 0.119 e. The summed E-state index contributed by atoms with van der Waals surface area (Å²) in [5.74, 6) is 0.941. The molecule has 1 N–H and O–H groups in total. The van der Waals surface area contributed by atoms with Gasteiger partial charge in [-0.1, -0.05) is 6.92 Å². The zero-order valence-corrected chi connectivity index (χ0v) is 10.8. The molecule has 0 radical (unpaired) electrons. The van der Waals surface area contributed by atoms with Crippen LogP contribution in [0.5, 0.6) is 5.75 Å². The van der Waals surface area contributed by atoms with Gasteiger partial charge in [-0.15, -0.1) is 11.3 Å². The van der Waals surface area contributed by atoms with E-state index in [4.69, 9.17) is 4.74 Å². The SMILES string of the molecule is CCc1c(CNC)sc2ccc(OC)cc12. The second kappa shape index (κ2) is 4.85. The van der Waals surface area contributed by atoms with Crippen LogP contribution in [-0.4, -0.2) is 14.2 Å². The summed E-state index contributed by atoms with van der Waals surface area (Å²) >= 11 is 1.87. The lowest BCUT2D eigenvalue weighted by molar-refractivity contribution is 0.415. The van der Waals surface area contributed by atoms with Crippen LogP contribution in [0, 0.1) is 0 Å². The van der Waals surface area contributed by atoms with Gasteiger partial charge in [-0.2, -0.15) is 0 Å². The van der Waals surface area contributed by atoms with Crippen LogP contribution in [-0.2, 0) is 13.0 Å². The van der Waals surface area contributed by atoms with Gasteiger partial charge in [-0.25, -0.2) is 0 Å². The van der Waals surface area contributed by atoms with Gasteiger partial charge in [0.05, 0.1) is 7.11 Å². The van der Waals surface area contributed by atoms with Gasteiger partial charge in [0.25, 0.3) is 0 Å². The van der Waals surface area contributed by atoms with Crippen LogP contribution < -0.4 is 10.1 Å². The minimum atomic E-state index is 0.941. The Bertz CT molecular complexity index is 490. The summed E-state index contributed by atoms with van der Waals surface area (Å²) < 4.78 is 6.63. The predicted molar refractivity (Wildman–Crippen MR) is 70.5 cm³/mol. The van der Waals surface area contributed by atoms with E-state index in [0.717, 1.165) is 18.7 Å². The first-order chi connectivity index (χ1) is 7.80. The average Bonchev–Trinajstić information content (AvgIpc) is 2.65. The molecule has 0 unspecified atom stereocenters. The highest BCUT2D eigenvalue weighted by molar-refractivity contribution is 7.19. The molecular formula is C13H17NOS. The monoisotopic (exact) mass is 235 g/mol. The lowest BCUT2D eigenvalue weighted by atomic mass is 10.1. The highest BCUT2D eigenvalue weighted by Gasteiger charge is 2.10. The lowest BCUT2D eigenvalue weighted by Gasteiger charge is -2.02. The molecule has 1 heterocycles. The van der Waals surface area contributed by atoms with E-state index in [1.165, 1.54) is 20.5 Å². The fraction of sp³-hybridized carbons (Fsp3) is 0.385. The zero-order valence-electron chi connectivity index (χ0n) is 9.96. The van der Waals surface area contributed by atoms with Gasteiger partial charge in [0.2, 0.25) is 0 Å². The summed E-state index contributed by atoms with van der Waals surface area (Å²) in [4.78, 5) is 1.44. The largest absolute Gasteiger partial charge is 0.497 e. The Labute approximate surface area is 100 Å². The number of aryl methyl sites for hydroxylation is 1. The first kappa shape index (κ1) is 11.4. The molecule has 2 nitrogen and oxygen atoms in total. The quantitative estimate of drug-likeness (QED) is 0.878. The van der Waals surface area contributed by atoms with Crippen molar-refractivity contribution in [3.63, 3.8) is 0 Å². The molecule has 0 aliphatic rings. The Morgan fingerprint density at radius 1 is 1.38 bits per heavy atom. The molecular weight excluding hydrogens is 218 g/mol. The third-order valence-electron chi connectivity index (χ3n) is 2.77. The molecule has 1 aromatic heterocycles. The number of benzene rings is 1. The van der Waals surface area contributed by atoms with Crippen LogP contribution >= 0.6 is 11.3 Å². The molecule has 0 atom stereocenters. The third-order valence-corrected chi connectivity index (χ3v) is 3.99. The van der Waals surface area contributed by atoms with E-state index in [9.17, 15) is 0 Å². The number of thiophene rings is 1. The molecule has 0 aliphatic carbocycles. The number of fused-ring (bicyclic) bond motifs is 1. The van der Waals surface area contributed by atoms with E-state index in [2.05, 4.69) is 24.4 Å². The predicted octanol–water partition coefficient (Wildman–Crippen LogP) is 3.19. The molecule has 0 amide bonds. The van der Waals surface area contributed by atoms with Crippen molar-refractivity contribution in [2.24, 2.45) is 0 Å². The molecule has 2 rings (SSSR count). The van der Waals surface area contributed by atoms with Gasteiger partial charge in [0.15, 0.2) is 0 Å². The van der Waals surface area contributed by atoms with Crippen LogP contribution in [0.4, 0.5) is 0 Å². The summed E-state index contributed by atoms with van der Waals surface area (Å²) in [5.41, 5.74) is 1.45. The van der Waals surface area contributed by atoms with E-state index in [1.54, 1.807) is 7.11 Å². The van der Waals surface area contributed by atoms with Gasteiger partial charge in [0, 0.05) is 16.1 Å². The Morgan fingerprint density at radius 3 is 2.81 bits per heavy atom. The maximum absolute atomic E-state index is 5.28. The number of methoxy groups -OCH3 is 1. The summed E-state index contributed by atoms with van der Waals surface area (Å²) in [6.07, 6.45) is 1.07. The molecule has 2 aromatic rings. The number of nitrogens with one attached hydrogen (secondary N) is 1. The Hall–Kier alpha value is -1.06. The maximum Gasteiger partial charge on any atom is 0.119 e. The zero-order chi connectivity index (χ0) is 11.5. The fourth-order valence-corrected chi connectivity index (χ4v) is 3.28. The fourth-order valence-electron chi connectivity index (χ4n) is 2.00. The van der Waals surface area contributed by atoms with E-state index >= 15 is 0 Å². The van der Waals surface area contributed by atoms with Crippen molar-refractivity contribution >= 4 is 21.4 Å². The first-order valence-corrected chi connectivity index (χ1v) is 6.34. The standard InChI is InChI=1S/C13H17NOS/c1-4-10-11-7-9(15-3)5-6-12(11)16-13(10)8-14-2/h5-7,14H,4,8H2,1-3H3. The molecule has 86 valence electrons. The van der Waals surface area contributed by atoms with Gasteiger partial charge < -0.3 is 10.1 Å². The Balaban J connectivity index is 2.58. The highest BCUT2D eigenvalue weighted by atomic mass is 32.1. The second-order valence-corrected chi connectivity index (χ2v) is 4.89. The average molecular weight is 235 g/mol.